The lowest BCUT2D eigenvalue weighted by Crippen LogP contribution is -2.36. The molecule has 0 spiro atoms. The van der Waals surface area contributed by atoms with Gasteiger partial charge in [-0.3, -0.25) is 9.88 Å². The summed E-state index contributed by atoms with van der Waals surface area (Å²) in [6, 6.07) is 8.81. The molecule has 0 radical (unpaired) electrons. The Morgan fingerprint density at radius 2 is 1.75 bits per heavy atom. The number of hydrogen-bond donors (Lipinski definition) is 0. The Hall–Kier alpha value is -2.14. The topological polar surface area (TPSA) is 47.5 Å². The number of rotatable bonds is 3. The number of fused-ring (bicyclic) bond motifs is 1. The van der Waals surface area contributed by atoms with Crippen molar-refractivity contribution >= 4 is 0 Å². The van der Waals surface area contributed by atoms with Crippen molar-refractivity contribution in [3.63, 3.8) is 0 Å². The van der Waals surface area contributed by atoms with E-state index in [9.17, 15) is 0 Å². The molecular weight excluding hydrogens is 350 g/mol. The average molecular weight is 386 g/mol. The van der Waals surface area contributed by atoms with Gasteiger partial charge in [-0.15, -0.1) is 0 Å². The van der Waals surface area contributed by atoms with E-state index in [1.807, 2.05) is 6.07 Å². The van der Waals surface area contributed by atoms with Crippen molar-refractivity contribution in [3.05, 3.63) is 46.9 Å². The summed E-state index contributed by atoms with van der Waals surface area (Å²) in [5.74, 6) is 1.95. The third kappa shape index (κ3) is 4.64. The highest BCUT2D eigenvalue weighted by Crippen LogP contribution is 2.34. The molecule has 5 nitrogen and oxygen atoms in total. The number of nitrogens with zero attached hydrogens (tertiary/aromatic N) is 3. The molecule has 0 saturated carbocycles. The largest absolute Gasteiger partial charge is 0.484 e. The minimum absolute atomic E-state index is 0. The molecule has 0 aromatic carbocycles. The van der Waals surface area contributed by atoms with E-state index < -0.39 is 0 Å². The maximum Gasteiger partial charge on any atom is 0.257 e. The predicted octanol–water partition coefficient (Wildman–Crippen LogP) is 5.08. The van der Waals surface area contributed by atoms with Gasteiger partial charge in [0.1, 0.15) is 13.2 Å². The van der Waals surface area contributed by atoms with Crippen molar-refractivity contribution < 1.29 is 9.47 Å². The Labute approximate surface area is 170 Å². The van der Waals surface area contributed by atoms with Gasteiger partial charge in [0, 0.05) is 24.0 Å². The maximum atomic E-state index is 5.66. The SMILES string of the molecule is C.C.Cc1cc([C@H]2CCCN([C@H](C)c3ccc4c(n3)OCCO4)C2)cc(C)n1. The van der Waals surface area contributed by atoms with Crippen molar-refractivity contribution in [1.82, 2.24) is 14.9 Å². The second-order valence-electron chi connectivity index (χ2n) is 7.43. The Bertz CT molecular complexity index is 773. The molecule has 0 bridgehead atoms. The lowest BCUT2D eigenvalue weighted by Gasteiger charge is -2.37. The third-order valence-electron chi connectivity index (χ3n) is 5.43. The van der Waals surface area contributed by atoms with Gasteiger partial charge in [0.15, 0.2) is 5.75 Å². The Morgan fingerprint density at radius 1 is 1.04 bits per heavy atom. The molecule has 2 aliphatic heterocycles. The lowest BCUT2D eigenvalue weighted by molar-refractivity contribution is 0.147. The van der Waals surface area contributed by atoms with Gasteiger partial charge in [0.25, 0.3) is 5.88 Å². The summed E-state index contributed by atoms with van der Waals surface area (Å²) in [7, 11) is 0. The van der Waals surface area contributed by atoms with Crippen LogP contribution in [0, 0.1) is 13.8 Å². The van der Waals surface area contributed by atoms with Gasteiger partial charge in [0.2, 0.25) is 0 Å². The summed E-state index contributed by atoms with van der Waals surface area (Å²) in [6.07, 6.45) is 2.45. The number of piperidine rings is 1. The van der Waals surface area contributed by atoms with Crippen molar-refractivity contribution in [1.29, 1.82) is 0 Å². The number of aryl methyl sites for hydroxylation is 2. The molecule has 0 N–H and O–H groups in total. The highest BCUT2D eigenvalue weighted by atomic mass is 16.6. The van der Waals surface area contributed by atoms with Crippen LogP contribution in [0.5, 0.6) is 11.6 Å². The molecule has 2 aliphatic rings. The van der Waals surface area contributed by atoms with Gasteiger partial charge in [-0.25, -0.2) is 4.98 Å². The molecule has 0 amide bonds. The number of aromatic nitrogens is 2. The first-order valence-electron chi connectivity index (χ1n) is 9.56. The van der Waals surface area contributed by atoms with Gasteiger partial charge in [-0.2, -0.15) is 0 Å². The summed E-state index contributed by atoms with van der Waals surface area (Å²) in [5, 5.41) is 0. The fraction of sp³-hybridized carbons (Fsp3) is 0.565. The van der Waals surface area contributed by atoms with Gasteiger partial charge in [-0.05, 0) is 75.9 Å². The third-order valence-corrected chi connectivity index (χ3v) is 5.43. The van der Waals surface area contributed by atoms with E-state index in [0.29, 0.717) is 25.0 Å². The average Bonchev–Trinajstić information content (AvgIpc) is 2.66. The van der Waals surface area contributed by atoms with Crippen LogP contribution in [0.15, 0.2) is 24.3 Å². The van der Waals surface area contributed by atoms with E-state index in [1.165, 1.54) is 18.4 Å². The molecule has 5 heteroatoms. The molecule has 1 saturated heterocycles. The van der Waals surface area contributed by atoms with E-state index >= 15 is 0 Å². The molecule has 0 unspecified atom stereocenters. The van der Waals surface area contributed by atoms with Crippen LogP contribution in [0.3, 0.4) is 0 Å². The molecule has 2 aromatic heterocycles. The Kier molecular flexibility index (Phi) is 7.41. The molecule has 0 aliphatic carbocycles. The first kappa shape index (κ1) is 22.2. The normalized spacial score (nSPS) is 19.9. The van der Waals surface area contributed by atoms with Crippen LogP contribution >= 0.6 is 0 Å². The summed E-state index contributed by atoms with van der Waals surface area (Å²) < 4.78 is 11.3. The van der Waals surface area contributed by atoms with Crippen molar-refractivity contribution in [2.24, 2.45) is 0 Å². The summed E-state index contributed by atoms with van der Waals surface area (Å²) in [4.78, 5) is 11.8. The predicted molar refractivity (Wildman–Crippen MR) is 114 cm³/mol. The first-order chi connectivity index (χ1) is 12.6. The molecule has 1 fully saturated rings. The molecule has 2 aromatic rings. The molecule has 28 heavy (non-hydrogen) atoms. The highest BCUT2D eigenvalue weighted by Gasteiger charge is 2.27. The smallest absolute Gasteiger partial charge is 0.257 e. The van der Waals surface area contributed by atoms with Crippen LogP contribution < -0.4 is 9.47 Å². The number of likely N-dealkylation sites (tertiary alicyclic amines) is 1. The van der Waals surface area contributed by atoms with Crippen LogP contribution in [0.2, 0.25) is 0 Å². The summed E-state index contributed by atoms with van der Waals surface area (Å²) in [6.45, 7) is 9.74. The van der Waals surface area contributed by atoms with Gasteiger partial charge in [-0.1, -0.05) is 14.9 Å². The number of pyridine rings is 2. The van der Waals surface area contributed by atoms with Gasteiger partial charge < -0.3 is 9.47 Å². The van der Waals surface area contributed by atoms with Crippen LogP contribution in [-0.2, 0) is 0 Å². The minimum atomic E-state index is 0. The van der Waals surface area contributed by atoms with Gasteiger partial charge in [0.05, 0.1) is 5.69 Å². The fourth-order valence-corrected chi connectivity index (χ4v) is 4.10. The van der Waals surface area contributed by atoms with Crippen LogP contribution in [0.25, 0.3) is 0 Å². The Balaban J connectivity index is 0.00000140. The van der Waals surface area contributed by atoms with Gasteiger partial charge >= 0.3 is 0 Å². The van der Waals surface area contributed by atoms with Crippen LogP contribution in [0.4, 0.5) is 0 Å². The zero-order chi connectivity index (χ0) is 18.1. The second kappa shape index (κ2) is 9.37. The van der Waals surface area contributed by atoms with E-state index in [0.717, 1.165) is 35.9 Å². The second-order valence-corrected chi connectivity index (χ2v) is 7.43. The lowest BCUT2D eigenvalue weighted by atomic mass is 9.89. The van der Waals surface area contributed by atoms with Crippen LogP contribution in [-0.4, -0.2) is 41.2 Å². The Morgan fingerprint density at radius 3 is 2.50 bits per heavy atom. The molecule has 4 heterocycles. The molecular formula is C23H35N3O2. The van der Waals surface area contributed by atoms with E-state index in [4.69, 9.17) is 14.5 Å². The minimum Gasteiger partial charge on any atom is -0.484 e. The van der Waals surface area contributed by atoms with Crippen molar-refractivity contribution in [2.45, 2.75) is 60.4 Å². The zero-order valence-corrected chi connectivity index (χ0v) is 15.9. The standard InChI is InChI=1S/C21H27N3O2.2CH4/c1-14-11-18(12-15(2)22-14)17-5-4-8-24(13-17)16(3)19-6-7-20-21(23-19)26-10-9-25-20;;/h6-7,11-12,16-17H,4-5,8-10,13H2,1-3H3;2*1H4/t16-,17+;;/m1../s1. The number of ether oxygens (including phenoxy) is 2. The van der Waals surface area contributed by atoms with Crippen molar-refractivity contribution in [3.8, 4) is 11.6 Å². The maximum absolute atomic E-state index is 5.66. The number of hydrogen-bond acceptors (Lipinski definition) is 5. The van der Waals surface area contributed by atoms with E-state index in [-0.39, 0.29) is 20.9 Å². The van der Waals surface area contributed by atoms with E-state index in [1.54, 1.807) is 0 Å². The first-order valence-corrected chi connectivity index (χ1v) is 9.56. The zero-order valence-electron chi connectivity index (χ0n) is 15.9. The van der Waals surface area contributed by atoms with E-state index in [2.05, 4.69) is 48.9 Å². The summed E-state index contributed by atoms with van der Waals surface area (Å²) in [5.41, 5.74) is 4.69. The highest BCUT2D eigenvalue weighted by molar-refractivity contribution is 5.36. The molecule has 4 rings (SSSR count). The monoisotopic (exact) mass is 385 g/mol. The van der Waals surface area contributed by atoms with Crippen molar-refractivity contribution in [2.75, 3.05) is 26.3 Å². The quantitative estimate of drug-likeness (QED) is 0.737. The fourth-order valence-electron chi connectivity index (χ4n) is 4.10. The molecule has 154 valence electrons. The summed E-state index contributed by atoms with van der Waals surface area (Å²) >= 11 is 0. The molecule has 2 atom stereocenters. The van der Waals surface area contributed by atoms with Crippen LogP contribution in [0.1, 0.15) is 69.2 Å².